The molecular weight excluding hydrogens is 969 g/mol. The lowest BCUT2D eigenvalue weighted by Gasteiger charge is -2.37. The van der Waals surface area contributed by atoms with Gasteiger partial charge < -0.3 is 23.8 Å². The molecule has 0 saturated carbocycles. The first-order valence-electron chi connectivity index (χ1n) is 23.3. The number of allylic oxidation sites excluding steroid dienone is 1. The number of carbonyl (C=O) groups is 1. The van der Waals surface area contributed by atoms with Gasteiger partial charge in [-0.15, -0.1) is 10.2 Å². The first-order chi connectivity index (χ1) is 33.6. The summed E-state index contributed by atoms with van der Waals surface area (Å²) in [6, 6.07) is 22.9. The molecule has 1 N–H and O–H groups in total. The van der Waals surface area contributed by atoms with Crippen LogP contribution in [0, 0.1) is 0 Å². The Kier molecular flexibility index (Phi) is 16.4. The monoisotopic (exact) mass is 1030 g/mol. The number of rotatable bonds is 18. The first-order valence-corrected chi connectivity index (χ1v) is 27.0. The van der Waals surface area contributed by atoms with E-state index < -0.39 is 53.1 Å². The second-order valence-electron chi connectivity index (χ2n) is 19.6. The van der Waals surface area contributed by atoms with Crippen LogP contribution in [0.15, 0.2) is 101 Å². The Morgan fingerprint density at radius 2 is 1.35 bits per heavy atom. The van der Waals surface area contributed by atoms with Gasteiger partial charge in [-0.25, -0.2) is 34.9 Å². The summed E-state index contributed by atoms with van der Waals surface area (Å²) in [6.45, 7) is 11.1. The van der Waals surface area contributed by atoms with Crippen LogP contribution in [0.2, 0.25) is 0 Å². The van der Waals surface area contributed by atoms with Crippen molar-refractivity contribution in [2.24, 2.45) is 0 Å². The number of amides is 1. The fourth-order valence-corrected chi connectivity index (χ4v) is 12.9. The summed E-state index contributed by atoms with van der Waals surface area (Å²) in [5.41, 5.74) is 1.68. The molecule has 382 valence electrons. The average Bonchev–Trinajstić information content (AvgIpc) is 4.00. The van der Waals surface area contributed by atoms with Gasteiger partial charge in [-0.2, -0.15) is 9.10 Å². The molecule has 0 bridgehead atoms. The Balaban J connectivity index is 1.46. The maximum absolute atomic E-state index is 16.3. The van der Waals surface area contributed by atoms with Crippen molar-refractivity contribution in [1.29, 1.82) is 0 Å². The van der Waals surface area contributed by atoms with Crippen molar-refractivity contribution in [3.05, 3.63) is 113 Å². The van der Waals surface area contributed by atoms with Crippen molar-refractivity contribution >= 4 is 43.6 Å². The summed E-state index contributed by atoms with van der Waals surface area (Å²) >= 11 is -0.191. The first kappa shape index (κ1) is 53.1. The van der Waals surface area contributed by atoms with Gasteiger partial charge in [0, 0.05) is 43.8 Å². The van der Waals surface area contributed by atoms with E-state index in [-0.39, 0.29) is 68.4 Å². The molecule has 18 nitrogen and oxygen atoms in total. The smallest absolute Gasteiger partial charge is 0.410 e. The highest BCUT2D eigenvalue weighted by atomic mass is 32.2. The second kappa shape index (κ2) is 22.0. The molecular formula is C50H64N8O10S3. The van der Waals surface area contributed by atoms with Gasteiger partial charge >= 0.3 is 6.09 Å². The average molecular weight is 1030 g/mol. The van der Waals surface area contributed by atoms with Crippen LogP contribution in [-0.2, 0) is 56.3 Å². The van der Waals surface area contributed by atoms with Crippen LogP contribution in [0.25, 0.3) is 17.0 Å². The molecule has 1 fully saturated rings. The van der Waals surface area contributed by atoms with Crippen LogP contribution in [-0.4, -0.2) is 118 Å². The van der Waals surface area contributed by atoms with E-state index in [1.165, 1.54) is 34.3 Å². The fourth-order valence-electron chi connectivity index (χ4n) is 8.68. The molecule has 2 atom stereocenters. The van der Waals surface area contributed by atoms with Crippen molar-refractivity contribution in [2.45, 2.75) is 120 Å². The van der Waals surface area contributed by atoms with Crippen molar-refractivity contribution < 1.29 is 44.8 Å². The number of tetrazole rings is 1. The van der Waals surface area contributed by atoms with Crippen LogP contribution in [0.1, 0.15) is 89.5 Å². The lowest BCUT2D eigenvalue weighted by molar-refractivity contribution is 0.0291. The third-order valence-corrected chi connectivity index (χ3v) is 16.8. The molecule has 0 spiro atoms. The number of likely N-dealkylation sites (tertiary alicyclic amines) is 1. The number of thiol groups is 1. The third-order valence-electron chi connectivity index (χ3n) is 12.1. The van der Waals surface area contributed by atoms with E-state index in [1.54, 1.807) is 94.6 Å². The Bertz CT molecular complexity index is 2890. The third kappa shape index (κ3) is 12.9. The molecule has 2 unspecified atom stereocenters. The van der Waals surface area contributed by atoms with Crippen LogP contribution >= 0.6 is 0 Å². The standard InChI is InChI=1S/C50H64N8O10S3/c1-49(2,3)58(69-60)39-12-10-11-37(29-39)43-25-26-44(70(61,62)53-38-27-28-55(33-38)48(59)68-50(4,5)6)46(45(43)47-51-54-57(52-47)32-36-17-23-42(67-9)24-18-36)71(63,64)56(30-34-13-19-40(65-7)20-14-34)31-35-15-21-41(66-8)22-16-35/h13-26,29,38-39,53,69H,10-12,27-28,30-33H2,1-9H3. The molecule has 2 aliphatic rings. The summed E-state index contributed by atoms with van der Waals surface area (Å²) in [7, 11) is -5.04. The predicted molar refractivity (Wildman–Crippen MR) is 271 cm³/mol. The largest absolute Gasteiger partial charge is 0.497 e. The maximum atomic E-state index is 16.3. The highest BCUT2D eigenvalue weighted by Gasteiger charge is 2.41. The number of nitrogens with zero attached hydrogens (tertiary/aromatic N) is 7. The highest BCUT2D eigenvalue weighted by molar-refractivity contribution is 7.92. The Morgan fingerprint density at radius 3 is 1.87 bits per heavy atom. The van der Waals surface area contributed by atoms with Gasteiger partial charge in [-0.3, -0.25) is 0 Å². The molecule has 21 heteroatoms. The van der Waals surface area contributed by atoms with Gasteiger partial charge in [0.1, 0.15) is 32.6 Å². The van der Waals surface area contributed by atoms with E-state index >= 15 is 16.8 Å². The van der Waals surface area contributed by atoms with Crippen LogP contribution in [0.4, 0.5) is 4.79 Å². The molecule has 7 rings (SSSR count). The zero-order chi connectivity index (χ0) is 51.3. The normalized spacial score (nSPS) is 16.8. The van der Waals surface area contributed by atoms with E-state index in [0.717, 1.165) is 5.56 Å². The Labute approximate surface area is 421 Å². The number of benzene rings is 4. The number of hydrogen-bond acceptors (Lipinski definition) is 13. The van der Waals surface area contributed by atoms with E-state index in [4.69, 9.17) is 24.0 Å². The fraction of sp³-hybridized carbons (Fsp3) is 0.440. The summed E-state index contributed by atoms with van der Waals surface area (Å²) < 4.78 is 103. The number of methoxy groups -OCH3 is 3. The summed E-state index contributed by atoms with van der Waals surface area (Å²) in [6.07, 6.45) is 3.42. The molecule has 1 aliphatic heterocycles. The summed E-state index contributed by atoms with van der Waals surface area (Å²) in [5.74, 6) is 1.65. The number of sulfonamides is 2. The van der Waals surface area contributed by atoms with Crippen LogP contribution in [0.5, 0.6) is 17.2 Å². The van der Waals surface area contributed by atoms with Crippen molar-refractivity contribution in [2.75, 3.05) is 34.4 Å². The minimum absolute atomic E-state index is 0.0128. The molecule has 1 aromatic heterocycles. The number of carbonyl (C=O) groups excluding carboxylic acids is 1. The minimum atomic E-state index is -4.93. The van der Waals surface area contributed by atoms with Crippen molar-refractivity contribution in [3.8, 4) is 28.6 Å². The van der Waals surface area contributed by atoms with Crippen molar-refractivity contribution in [3.63, 3.8) is 0 Å². The lowest BCUT2D eigenvalue weighted by Crippen LogP contribution is -2.45. The maximum Gasteiger partial charge on any atom is 0.410 e. The van der Waals surface area contributed by atoms with Gasteiger partial charge in [-0.1, -0.05) is 48.5 Å². The van der Waals surface area contributed by atoms with Crippen LogP contribution < -0.4 is 18.9 Å². The van der Waals surface area contributed by atoms with E-state index in [9.17, 15) is 9.00 Å². The molecule has 1 aliphatic carbocycles. The van der Waals surface area contributed by atoms with Crippen LogP contribution in [0.3, 0.4) is 0 Å². The number of aromatic nitrogens is 4. The predicted octanol–water partition coefficient (Wildman–Crippen LogP) is 6.99. The highest BCUT2D eigenvalue weighted by Crippen LogP contribution is 2.43. The SMILES string of the molecule is COc1ccc(CN(Cc2ccc(OC)cc2)S(=O)(=O)c2c(S(=O)(=O)NC3CCN(C(=O)OC(C)(C)C)C3)ccc(C3=CC(N([SH]=O)C(C)(C)C)CCC3)c2-c2nnn(Cc3ccc(OC)cc3)n2)cc1. The lowest BCUT2D eigenvalue weighted by atomic mass is 9.87. The van der Waals surface area contributed by atoms with E-state index in [1.807, 2.05) is 43.3 Å². The minimum Gasteiger partial charge on any atom is -0.497 e. The van der Waals surface area contributed by atoms with E-state index in [2.05, 4.69) is 15.0 Å². The number of nitrogens with one attached hydrogen (secondary N) is 1. The zero-order valence-electron chi connectivity index (χ0n) is 41.7. The number of hydrogen-bond donors (Lipinski definition) is 2. The topological polar surface area (TPSA) is 205 Å². The quantitative estimate of drug-likeness (QED) is 0.0851. The second-order valence-corrected chi connectivity index (χ2v) is 23.7. The van der Waals surface area contributed by atoms with Gasteiger partial charge in [0.25, 0.3) is 0 Å². The molecule has 2 heterocycles. The summed E-state index contributed by atoms with van der Waals surface area (Å²) in [5, 5.41) is 13.7. The molecule has 4 aromatic carbocycles. The van der Waals surface area contributed by atoms with E-state index in [0.29, 0.717) is 58.8 Å². The molecule has 1 saturated heterocycles. The Hall–Kier alpha value is -5.71. The molecule has 1 amide bonds. The molecule has 0 radical (unpaired) electrons. The molecule has 5 aromatic rings. The van der Waals surface area contributed by atoms with Gasteiger partial charge in [-0.05, 0) is 143 Å². The van der Waals surface area contributed by atoms with Gasteiger partial charge in [0.2, 0.25) is 25.9 Å². The van der Waals surface area contributed by atoms with Gasteiger partial charge in [0.05, 0.1) is 45.3 Å². The van der Waals surface area contributed by atoms with Crippen molar-refractivity contribution in [1.82, 2.24) is 38.4 Å². The summed E-state index contributed by atoms with van der Waals surface area (Å²) in [4.78, 5) is 14.8. The number of ether oxygens (including phenoxy) is 4. The Morgan fingerprint density at radius 1 is 0.789 bits per heavy atom. The molecule has 71 heavy (non-hydrogen) atoms. The van der Waals surface area contributed by atoms with Gasteiger partial charge in [0.15, 0.2) is 0 Å². The zero-order valence-corrected chi connectivity index (χ0v) is 44.2.